The minimum Gasteiger partial charge on any atom is -0.376 e. The Hall–Kier alpha value is -0.610. The van der Waals surface area contributed by atoms with Crippen molar-refractivity contribution in [3.63, 3.8) is 0 Å². The second-order valence-electron chi connectivity index (χ2n) is 5.14. The van der Waals surface area contributed by atoms with Gasteiger partial charge >= 0.3 is 0 Å². The Labute approximate surface area is 91.5 Å². The Balaban J connectivity index is 2.46. The first kappa shape index (κ1) is 12.5. The van der Waals surface area contributed by atoms with Gasteiger partial charge in [-0.15, -0.1) is 0 Å². The Bertz CT molecular complexity index is 233. The molecule has 4 nitrogen and oxygen atoms in total. The fraction of sp³-hybridized carbons (Fsp3) is 0.909. The maximum Gasteiger partial charge on any atom is 0.225 e. The van der Waals surface area contributed by atoms with Crippen LogP contribution in [0, 0.1) is 5.41 Å². The average molecular weight is 214 g/mol. The molecule has 0 spiro atoms. The van der Waals surface area contributed by atoms with Gasteiger partial charge in [-0.25, -0.2) is 0 Å². The summed E-state index contributed by atoms with van der Waals surface area (Å²) in [6.07, 6.45) is 0.930. The van der Waals surface area contributed by atoms with E-state index >= 15 is 0 Å². The van der Waals surface area contributed by atoms with E-state index < -0.39 is 0 Å². The first-order valence-corrected chi connectivity index (χ1v) is 5.54. The summed E-state index contributed by atoms with van der Waals surface area (Å²) in [5, 5.41) is 2.95. The van der Waals surface area contributed by atoms with Crippen LogP contribution in [0.3, 0.4) is 0 Å². The van der Waals surface area contributed by atoms with Crippen LogP contribution in [-0.4, -0.2) is 30.7 Å². The number of nitrogens with two attached hydrogens (primary N) is 1. The summed E-state index contributed by atoms with van der Waals surface area (Å²) >= 11 is 0. The Morgan fingerprint density at radius 1 is 1.53 bits per heavy atom. The molecular weight excluding hydrogens is 192 g/mol. The van der Waals surface area contributed by atoms with Crippen LogP contribution in [0.5, 0.6) is 0 Å². The van der Waals surface area contributed by atoms with E-state index in [0.29, 0.717) is 6.61 Å². The van der Waals surface area contributed by atoms with E-state index in [0.717, 1.165) is 6.42 Å². The van der Waals surface area contributed by atoms with Gasteiger partial charge < -0.3 is 15.8 Å². The molecule has 1 amide bonds. The van der Waals surface area contributed by atoms with Crippen molar-refractivity contribution in [1.82, 2.24) is 5.32 Å². The van der Waals surface area contributed by atoms with Crippen molar-refractivity contribution >= 4 is 5.91 Å². The molecule has 0 bridgehead atoms. The third-order valence-corrected chi connectivity index (χ3v) is 2.73. The first-order valence-electron chi connectivity index (χ1n) is 5.54. The van der Waals surface area contributed by atoms with Gasteiger partial charge in [0.25, 0.3) is 0 Å². The van der Waals surface area contributed by atoms with E-state index in [9.17, 15) is 4.79 Å². The molecule has 0 aromatic heterocycles. The Morgan fingerprint density at radius 2 is 2.13 bits per heavy atom. The summed E-state index contributed by atoms with van der Waals surface area (Å²) in [5.41, 5.74) is 5.47. The molecule has 0 heterocycles. The third kappa shape index (κ3) is 2.92. The van der Waals surface area contributed by atoms with Gasteiger partial charge in [0.1, 0.15) is 0 Å². The highest BCUT2D eigenvalue weighted by molar-refractivity contribution is 5.81. The van der Waals surface area contributed by atoms with Crippen molar-refractivity contribution in [3.05, 3.63) is 0 Å². The van der Waals surface area contributed by atoms with E-state index in [1.807, 2.05) is 27.7 Å². The minimum absolute atomic E-state index is 0.0170. The van der Waals surface area contributed by atoms with Gasteiger partial charge in [-0.2, -0.15) is 0 Å². The number of rotatable bonds is 3. The van der Waals surface area contributed by atoms with Crippen LogP contribution in [0.25, 0.3) is 0 Å². The smallest absolute Gasteiger partial charge is 0.225 e. The zero-order valence-electron chi connectivity index (χ0n) is 10.0. The van der Waals surface area contributed by atoms with E-state index in [1.54, 1.807) is 0 Å². The maximum absolute atomic E-state index is 11.7. The fourth-order valence-corrected chi connectivity index (χ4v) is 1.59. The van der Waals surface area contributed by atoms with Crippen LogP contribution in [0.15, 0.2) is 0 Å². The largest absolute Gasteiger partial charge is 0.376 e. The lowest BCUT2D eigenvalue weighted by Crippen LogP contribution is -2.65. The summed E-state index contributed by atoms with van der Waals surface area (Å²) in [6.45, 7) is 8.29. The molecule has 4 heteroatoms. The zero-order chi connectivity index (χ0) is 11.6. The molecule has 0 radical (unpaired) electrons. The summed E-state index contributed by atoms with van der Waals surface area (Å²) in [7, 11) is 0. The molecular formula is C11H22N2O2. The van der Waals surface area contributed by atoms with Crippen LogP contribution in [0.4, 0.5) is 0 Å². The normalized spacial score (nSPS) is 30.9. The molecule has 1 aliphatic carbocycles. The molecule has 0 aromatic rings. The quantitative estimate of drug-likeness (QED) is 0.725. The number of carbonyl (C=O) groups is 1. The summed E-state index contributed by atoms with van der Waals surface area (Å²) < 4.78 is 5.48. The van der Waals surface area contributed by atoms with Gasteiger partial charge in [-0.05, 0) is 13.3 Å². The molecule has 1 fully saturated rings. The molecule has 1 aliphatic rings. The molecule has 0 saturated heterocycles. The van der Waals surface area contributed by atoms with E-state index in [4.69, 9.17) is 10.5 Å². The molecule has 15 heavy (non-hydrogen) atoms. The minimum atomic E-state index is -0.369. The molecule has 0 aromatic carbocycles. The predicted molar refractivity (Wildman–Crippen MR) is 59.4 cm³/mol. The highest BCUT2D eigenvalue weighted by Gasteiger charge is 2.41. The second-order valence-corrected chi connectivity index (χ2v) is 5.14. The topological polar surface area (TPSA) is 64.3 Å². The first-order chi connectivity index (χ1) is 6.86. The van der Waals surface area contributed by atoms with Gasteiger partial charge in [-0.1, -0.05) is 20.8 Å². The number of ether oxygens (including phenoxy) is 1. The molecule has 0 aliphatic heterocycles. The van der Waals surface area contributed by atoms with Gasteiger partial charge in [-0.3, -0.25) is 4.79 Å². The summed E-state index contributed by atoms with van der Waals surface area (Å²) in [5.74, 6) is 0.0346. The number of amides is 1. The lowest BCUT2D eigenvalue weighted by Gasteiger charge is -2.43. The standard InChI is InChI=1S/C11H22N2O2/c1-5-15-8-6-7(12)9(8)13-10(14)11(2,3)4/h7-9H,5-6,12H2,1-4H3,(H,13,14). The molecule has 3 unspecified atom stereocenters. The molecule has 3 N–H and O–H groups in total. The monoisotopic (exact) mass is 214 g/mol. The van der Waals surface area contributed by atoms with Crippen LogP contribution < -0.4 is 11.1 Å². The lowest BCUT2D eigenvalue weighted by molar-refractivity contribution is -0.133. The van der Waals surface area contributed by atoms with Crippen molar-refractivity contribution in [1.29, 1.82) is 0 Å². The predicted octanol–water partition coefficient (Wildman–Crippen LogP) is 0.653. The van der Waals surface area contributed by atoms with Gasteiger partial charge in [0.15, 0.2) is 0 Å². The van der Waals surface area contributed by atoms with Gasteiger partial charge in [0.2, 0.25) is 5.91 Å². The average Bonchev–Trinajstić information content (AvgIpc) is 2.12. The van der Waals surface area contributed by atoms with E-state index in [1.165, 1.54) is 0 Å². The summed E-state index contributed by atoms with van der Waals surface area (Å²) in [4.78, 5) is 11.7. The molecule has 1 saturated carbocycles. The van der Waals surface area contributed by atoms with Crippen LogP contribution in [-0.2, 0) is 9.53 Å². The van der Waals surface area contributed by atoms with Crippen molar-refractivity contribution in [2.24, 2.45) is 11.1 Å². The van der Waals surface area contributed by atoms with Crippen LogP contribution in [0.2, 0.25) is 0 Å². The third-order valence-electron chi connectivity index (χ3n) is 2.73. The zero-order valence-corrected chi connectivity index (χ0v) is 10.0. The number of hydrogen-bond acceptors (Lipinski definition) is 3. The SMILES string of the molecule is CCOC1CC(N)C1NC(=O)C(C)(C)C. The Kier molecular flexibility index (Phi) is 3.73. The van der Waals surface area contributed by atoms with E-state index in [2.05, 4.69) is 5.32 Å². The van der Waals surface area contributed by atoms with Crippen LogP contribution in [0.1, 0.15) is 34.1 Å². The molecule has 88 valence electrons. The van der Waals surface area contributed by atoms with Gasteiger partial charge in [0, 0.05) is 18.1 Å². The Morgan fingerprint density at radius 3 is 2.53 bits per heavy atom. The summed E-state index contributed by atoms with van der Waals surface area (Å²) in [6, 6.07) is 0.0181. The van der Waals surface area contributed by atoms with Crippen molar-refractivity contribution in [2.45, 2.75) is 52.3 Å². The van der Waals surface area contributed by atoms with Gasteiger partial charge in [0.05, 0.1) is 12.1 Å². The fourth-order valence-electron chi connectivity index (χ4n) is 1.59. The number of nitrogens with one attached hydrogen (secondary N) is 1. The maximum atomic E-state index is 11.7. The van der Waals surface area contributed by atoms with Crippen molar-refractivity contribution in [3.8, 4) is 0 Å². The number of hydrogen-bond donors (Lipinski definition) is 2. The molecule has 3 atom stereocenters. The lowest BCUT2D eigenvalue weighted by atomic mass is 9.82. The van der Waals surface area contributed by atoms with Crippen LogP contribution >= 0.6 is 0 Å². The highest BCUT2D eigenvalue weighted by atomic mass is 16.5. The van der Waals surface area contributed by atoms with Crippen molar-refractivity contribution < 1.29 is 9.53 Å². The molecule has 1 rings (SSSR count). The van der Waals surface area contributed by atoms with Crippen molar-refractivity contribution in [2.75, 3.05) is 6.61 Å². The number of carbonyl (C=O) groups excluding carboxylic acids is 1. The highest BCUT2D eigenvalue weighted by Crippen LogP contribution is 2.24. The van der Waals surface area contributed by atoms with E-state index in [-0.39, 0.29) is 29.5 Å². The second kappa shape index (κ2) is 4.49.